The molecule has 0 aromatic heterocycles. The maximum atomic E-state index is 13.0. The molecule has 1 aromatic rings. The van der Waals surface area contributed by atoms with E-state index in [9.17, 15) is 8.78 Å². The average Bonchev–Trinajstić information content (AvgIpc) is 2.09. The van der Waals surface area contributed by atoms with Crippen LogP contribution in [-0.2, 0) is 6.42 Å². The summed E-state index contributed by atoms with van der Waals surface area (Å²) in [6.07, 6.45) is 0.513. The van der Waals surface area contributed by atoms with E-state index in [1.165, 1.54) is 12.1 Å². The molecule has 0 radical (unpaired) electrons. The molecule has 0 aliphatic heterocycles. The van der Waals surface area contributed by atoms with E-state index >= 15 is 0 Å². The van der Waals surface area contributed by atoms with E-state index in [2.05, 4.69) is 5.32 Å². The highest BCUT2D eigenvalue weighted by molar-refractivity contribution is 6.17. The van der Waals surface area contributed by atoms with Gasteiger partial charge in [-0.05, 0) is 18.1 Å². The molecule has 0 aliphatic carbocycles. The Balaban J connectivity index is 2.56. The third-order valence-corrected chi connectivity index (χ3v) is 1.87. The number of hydrogen-bond acceptors (Lipinski definition) is 1. The van der Waals surface area contributed by atoms with Crippen molar-refractivity contribution in [2.45, 2.75) is 6.42 Å². The van der Waals surface area contributed by atoms with Gasteiger partial charge in [-0.25, -0.2) is 8.78 Å². The SMILES string of the molecule is Fc1ccc(CCNCCl)c(F)c1. The van der Waals surface area contributed by atoms with Gasteiger partial charge in [-0.15, -0.1) is 11.6 Å². The van der Waals surface area contributed by atoms with Gasteiger partial charge in [0.2, 0.25) is 0 Å². The van der Waals surface area contributed by atoms with Crippen LogP contribution in [0.2, 0.25) is 0 Å². The molecule has 0 unspecified atom stereocenters. The molecule has 1 aromatic carbocycles. The van der Waals surface area contributed by atoms with Crippen molar-refractivity contribution in [3.05, 3.63) is 35.4 Å². The second-order valence-electron chi connectivity index (χ2n) is 2.62. The van der Waals surface area contributed by atoms with Crippen molar-refractivity contribution in [3.63, 3.8) is 0 Å². The molecule has 1 nitrogen and oxygen atoms in total. The van der Waals surface area contributed by atoms with Gasteiger partial charge in [0.05, 0.1) is 6.00 Å². The Bertz CT molecular complexity index is 278. The Hall–Kier alpha value is -0.670. The zero-order valence-electron chi connectivity index (χ0n) is 6.99. The quantitative estimate of drug-likeness (QED) is 0.452. The Kier molecular flexibility index (Phi) is 4.12. The van der Waals surface area contributed by atoms with Crippen LogP contribution in [0, 0.1) is 11.6 Å². The summed E-state index contributed by atoms with van der Waals surface area (Å²) < 4.78 is 25.4. The summed E-state index contributed by atoms with van der Waals surface area (Å²) >= 11 is 5.37. The van der Waals surface area contributed by atoms with Crippen molar-refractivity contribution in [2.75, 3.05) is 12.5 Å². The first kappa shape index (κ1) is 10.4. The maximum absolute atomic E-state index is 13.0. The molecule has 0 saturated heterocycles. The van der Waals surface area contributed by atoms with Gasteiger partial charge in [0.1, 0.15) is 11.6 Å². The lowest BCUT2D eigenvalue weighted by Gasteiger charge is -2.02. The summed E-state index contributed by atoms with van der Waals surface area (Å²) in [7, 11) is 0. The van der Waals surface area contributed by atoms with Gasteiger partial charge < -0.3 is 5.32 Å². The lowest BCUT2D eigenvalue weighted by atomic mass is 10.1. The smallest absolute Gasteiger partial charge is 0.129 e. The summed E-state index contributed by atoms with van der Waals surface area (Å²) in [5, 5.41) is 2.84. The van der Waals surface area contributed by atoms with E-state index in [4.69, 9.17) is 11.6 Å². The zero-order valence-corrected chi connectivity index (χ0v) is 7.74. The van der Waals surface area contributed by atoms with Gasteiger partial charge in [-0.3, -0.25) is 0 Å². The number of halogens is 3. The summed E-state index contributed by atoms with van der Waals surface area (Å²) in [5.41, 5.74) is 0.499. The fraction of sp³-hybridized carbons (Fsp3) is 0.333. The topological polar surface area (TPSA) is 12.0 Å². The molecule has 4 heteroatoms. The fourth-order valence-corrected chi connectivity index (χ4v) is 1.15. The monoisotopic (exact) mass is 205 g/mol. The van der Waals surface area contributed by atoms with E-state index in [1.54, 1.807) is 0 Å². The van der Waals surface area contributed by atoms with Crippen molar-refractivity contribution in [3.8, 4) is 0 Å². The summed E-state index contributed by atoms with van der Waals surface area (Å²) in [6.45, 7) is 0.589. The predicted molar refractivity (Wildman–Crippen MR) is 48.8 cm³/mol. The number of benzene rings is 1. The highest BCUT2D eigenvalue weighted by Gasteiger charge is 2.02. The first-order chi connectivity index (χ1) is 6.24. The van der Waals surface area contributed by atoms with Gasteiger partial charge in [0.15, 0.2) is 0 Å². The molecule has 0 saturated carbocycles. The van der Waals surface area contributed by atoms with Gasteiger partial charge in [0.25, 0.3) is 0 Å². The third kappa shape index (κ3) is 3.28. The van der Waals surface area contributed by atoms with E-state index in [1.807, 2.05) is 0 Å². The highest BCUT2D eigenvalue weighted by atomic mass is 35.5. The van der Waals surface area contributed by atoms with E-state index in [0.29, 0.717) is 24.5 Å². The molecule has 0 spiro atoms. The first-order valence-corrected chi connectivity index (χ1v) is 4.48. The Labute approximate surface area is 80.7 Å². The minimum Gasteiger partial charge on any atom is -0.304 e. The zero-order chi connectivity index (χ0) is 9.68. The maximum Gasteiger partial charge on any atom is 0.129 e. The van der Waals surface area contributed by atoms with Crippen LogP contribution in [-0.4, -0.2) is 12.5 Å². The molecular formula is C9H10ClF2N. The molecule has 0 fully saturated rings. The van der Waals surface area contributed by atoms with Crippen LogP contribution in [0.5, 0.6) is 0 Å². The van der Waals surface area contributed by atoms with E-state index < -0.39 is 11.6 Å². The number of hydrogen-bond donors (Lipinski definition) is 1. The Morgan fingerprint density at radius 3 is 2.69 bits per heavy atom. The molecule has 13 heavy (non-hydrogen) atoms. The van der Waals surface area contributed by atoms with Crippen molar-refractivity contribution >= 4 is 11.6 Å². The molecule has 1 rings (SSSR count). The van der Waals surface area contributed by atoms with Crippen molar-refractivity contribution in [1.29, 1.82) is 0 Å². The largest absolute Gasteiger partial charge is 0.304 e. The number of alkyl halides is 1. The summed E-state index contributed by atoms with van der Waals surface area (Å²) in [4.78, 5) is 0. The van der Waals surface area contributed by atoms with Gasteiger partial charge in [-0.2, -0.15) is 0 Å². The van der Waals surface area contributed by atoms with Crippen LogP contribution in [0.15, 0.2) is 18.2 Å². The van der Waals surface area contributed by atoms with Crippen molar-refractivity contribution in [2.24, 2.45) is 0 Å². The Morgan fingerprint density at radius 2 is 2.08 bits per heavy atom. The van der Waals surface area contributed by atoms with Gasteiger partial charge in [0, 0.05) is 12.6 Å². The molecule has 1 N–H and O–H groups in total. The number of rotatable bonds is 4. The third-order valence-electron chi connectivity index (χ3n) is 1.68. The second kappa shape index (κ2) is 5.14. The highest BCUT2D eigenvalue weighted by Crippen LogP contribution is 2.09. The molecule has 0 heterocycles. The Morgan fingerprint density at radius 1 is 1.31 bits per heavy atom. The summed E-state index contributed by atoms with van der Waals surface area (Å²) in [5.74, 6) is -1.05. The van der Waals surface area contributed by atoms with Crippen LogP contribution in [0.1, 0.15) is 5.56 Å². The van der Waals surface area contributed by atoms with Crippen LogP contribution in [0.25, 0.3) is 0 Å². The minimum atomic E-state index is -0.549. The van der Waals surface area contributed by atoms with E-state index in [0.717, 1.165) is 6.07 Å². The molecule has 0 atom stereocenters. The van der Waals surface area contributed by atoms with Gasteiger partial charge >= 0.3 is 0 Å². The lowest BCUT2D eigenvalue weighted by molar-refractivity contribution is 0.569. The average molecular weight is 206 g/mol. The molecule has 0 amide bonds. The van der Waals surface area contributed by atoms with Crippen LogP contribution in [0.4, 0.5) is 8.78 Å². The van der Waals surface area contributed by atoms with Crippen LogP contribution >= 0.6 is 11.6 Å². The molecule has 0 aliphatic rings. The van der Waals surface area contributed by atoms with E-state index in [-0.39, 0.29) is 0 Å². The lowest BCUT2D eigenvalue weighted by Crippen LogP contribution is -2.15. The molecule has 0 bridgehead atoms. The fourth-order valence-electron chi connectivity index (χ4n) is 1.01. The van der Waals surface area contributed by atoms with Crippen molar-refractivity contribution < 1.29 is 8.78 Å². The van der Waals surface area contributed by atoms with Gasteiger partial charge in [-0.1, -0.05) is 6.07 Å². The molecule has 72 valence electrons. The normalized spacial score (nSPS) is 10.4. The van der Waals surface area contributed by atoms with Crippen LogP contribution in [0.3, 0.4) is 0 Å². The van der Waals surface area contributed by atoms with Crippen molar-refractivity contribution in [1.82, 2.24) is 5.32 Å². The van der Waals surface area contributed by atoms with Crippen LogP contribution < -0.4 is 5.32 Å². The second-order valence-corrected chi connectivity index (χ2v) is 2.89. The standard InChI is InChI=1S/C9H10ClF2N/c10-6-13-4-3-7-1-2-8(11)5-9(7)12/h1-2,5,13H,3-4,6H2. The molecular weight excluding hydrogens is 196 g/mol. The summed E-state index contributed by atoms with van der Waals surface area (Å²) in [6, 6.07) is 3.92. The minimum absolute atomic E-state index is 0.336. The predicted octanol–water partition coefficient (Wildman–Crippen LogP) is 2.29. The number of nitrogens with one attached hydrogen (secondary N) is 1. The first-order valence-electron chi connectivity index (χ1n) is 3.94.